The molecule has 1 atom stereocenters. The fourth-order valence-electron chi connectivity index (χ4n) is 0.925. The van der Waals surface area contributed by atoms with E-state index < -0.39 is 0 Å². The number of likely N-dealkylation sites (N-methyl/N-ethyl adjacent to an activating group) is 1. The van der Waals surface area contributed by atoms with Gasteiger partial charge in [0.05, 0.1) is 0 Å². The number of nitrogens with one attached hydrogen (secondary N) is 1. The standard InChI is InChI=1S/C8H15N3O2/c1-6(9-2)4-8-10-7(5-12-3)11-13-8/h6,9H,4-5H2,1-3H3. The Kier molecular flexibility index (Phi) is 3.85. The van der Waals surface area contributed by atoms with E-state index >= 15 is 0 Å². The second-order valence-corrected chi connectivity index (χ2v) is 2.93. The summed E-state index contributed by atoms with van der Waals surface area (Å²) in [6.07, 6.45) is 0.743. The van der Waals surface area contributed by atoms with Crippen LogP contribution in [0.2, 0.25) is 0 Å². The molecule has 0 saturated carbocycles. The average molecular weight is 185 g/mol. The molecular formula is C8H15N3O2. The summed E-state index contributed by atoms with van der Waals surface area (Å²) in [6.45, 7) is 2.46. The second-order valence-electron chi connectivity index (χ2n) is 2.93. The van der Waals surface area contributed by atoms with Crippen LogP contribution in [0, 0.1) is 0 Å². The molecule has 1 rings (SSSR count). The molecule has 0 saturated heterocycles. The van der Waals surface area contributed by atoms with Gasteiger partial charge in [0, 0.05) is 19.6 Å². The Hall–Kier alpha value is -0.940. The Balaban J connectivity index is 2.48. The Morgan fingerprint density at radius 2 is 2.38 bits per heavy atom. The third kappa shape index (κ3) is 3.12. The average Bonchev–Trinajstić information content (AvgIpc) is 2.53. The quantitative estimate of drug-likeness (QED) is 0.718. The molecule has 0 amide bonds. The third-order valence-corrected chi connectivity index (χ3v) is 1.76. The van der Waals surface area contributed by atoms with E-state index in [0.29, 0.717) is 24.4 Å². The fraction of sp³-hybridized carbons (Fsp3) is 0.750. The molecule has 13 heavy (non-hydrogen) atoms. The highest BCUT2D eigenvalue weighted by atomic mass is 16.5. The number of aromatic nitrogens is 2. The van der Waals surface area contributed by atoms with Gasteiger partial charge in [0.15, 0.2) is 5.82 Å². The van der Waals surface area contributed by atoms with E-state index in [-0.39, 0.29) is 0 Å². The van der Waals surface area contributed by atoms with Crippen molar-refractivity contribution in [2.45, 2.75) is 26.0 Å². The zero-order valence-electron chi connectivity index (χ0n) is 8.20. The van der Waals surface area contributed by atoms with Crippen LogP contribution in [0.15, 0.2) is 4.52 Å². The Morgan fingerprint density at radius 1 is 1.62 bits per heavy atom. The van der Waals surface area contributed by atoms with Crippen LogP contribution < -0.4 is 5.32 Å². The predicted molar refractivity (Wildman–Crippen MR) is 47.2 cm³/mol. The lowest BCUT2D eigenvalue weighted by Crippen LogP contribution is -2.23. The Labute approximate surface area is 77.5 Å². The molecular weight excluding hydrogens is 170 g/mol. The number of ether oxygens (including phenoxy) is 1. The van der Waals surface area contributed by atoms with Crippen molar-refractivity contribution < 1.29 is 9.26 Å². The number of hydrogen-bond acceptors (Lipinski definition) is 5. The monoisotopic (exact) mass is 185 g/mol. The van der Waals surface area contributed by atoms with E-state index in [1.807, 2.05) is 7.05 Å². The van der Waals surface area contributed by atoms with Crippen molar-refractivity contribution in [3.05, 3.63) is 11.7 Å². The molecule has 1 heterocycles. The first-order chi connectivity index (χ1) is 6.26. The summed E-state index contributed by atoms with van der Waals surface area (Å²) < 4.78 is 9.88. The molecule has 0 aliphatic rings. The van der Waals surface area contributed by atoms with E-state index in [2.05, 4.69) is 22.4 Å². The van der Waals surface area contributed by atoms with Gasteiger partial charge in [0.25, 0.3) is 0 Å². The van der Waals surface area contributed by atoms with Gasteiger partial charge in [-0.15, -0.1) is 0 Å². The molecule has 0 spiro atoms. The van der Waals surface area contributed by atoms with Crippen LogP contribution in [-0.4, -0.2) is 30.3 Å². The maximum atomic E-state index is 5.01. The van der Waals surface area contributed by atoms with Gasteiger partial charge < -0.3 is 14.6 Å². The zero-order valence-corrected chi connectivity index (χ0v) is 8.20. The van der Waals surface area contributed by atoms with Crippen LogP contribution in [0.5, 0.6) is 0 Å². The van der Waals surface area contributed by atoms with Crippen molar-refractivity contribution in [2.24, 2.45) is 0 Å². The normalized spacial score (nSPS) is 13.2. The molecule has 1 aromatic heterocycles. The second kappa shape index (κ2) is 4.94. The van der Waals surface area contributed by atoms with E-state index in [1.165, 1.54) is 0 Å². The molecule has 0 bridgehead atoms. The first kappa shape index (κ1) is 10.1. The van der Waals surface area contributed by atoms with Crippen LogP contribution >= 0.6 is 0 Å². The topological polar surface area (TPSA) is 60.2 Å². The van der Waals surface area contributed by atoms with Gasteiger partial charge in [-0.3, -0.25) is 0 Å². The highest BCUT2D eigenvalue weighted by Crippen LogP contribution is 2.01. The maximum Gasteiger partial charge on any atom is 0.228 e. The van der Waals surface area contributed by atoms with E-state index in [9.17, 15) is 0 Å². The van der Waals surface area contributed by atoms with E-state index in [4.69, 9.17) is 9.26 Å². The lowest BCUT2D eigenvalue weighted by molar-refractivity contribution is 0.174. The van der Waals surface area contributed by atoms with Crippen molar-refractivity contribution in [2.75, 3.05) is 14.2 Å². The van der Waals surface area contributed by atoms with Crippen LogP contribution in [0.1, 0.15) is 18.6 Å². The summed E-state index contributed by atoms with van der Waals surface area (Å²) in [6, 6.07) is 0.343. The number of nitrogens with zero attached hydrogens (tertiary/aromatic N) is 2. The van der Waals surface area contributed by atoms with Gasteiger partial charge in [-0.05, 0) is 14.0 Å². The summed E-state index contributed by atoms with van der Waals surface area (Å²) in [5, 5.41) is 6.85. The lowest BCUT2D eigenvalue weighted by atomic mass is 10.2. The summed E-state index contributed by atoms with van der Waals surface area (Å²) in [4.78, 5) is 4.15. The van der Waals surface area contributed by atoms with Crippen LogP contribution in [-0.2, 0) is 17.8 Å². The van der Waals surface area contributed by atoms with Crippen molar-refractivity contribution in [3.63, 3.8) is 0 Å². The van der Waals surface area contributed by atoms with Gasteiger partial charge in [-0.2, -0.15) is 4.98 Å². The smallest absolute Gasteiger partial charge is 0.228 e. The molecule has 0 aliphatic carbocycles. The van der Waals surface area contributed by atoms with Crippen molar-refractivity contribution >= 4 is 0 Å². The Bertz CT molecular complexity index is 249. The van der Waals surface area contributed by atoms with Crippen molar-refractivity contribution in [3.8, 4) is 0 Å². The van der Waals surface area contributed by atoms with Crippen LogP contribution in [0.25, 0.3) is 0 Å². The number of rotatable bonds is 5. The molecule has 0 aliphatic heterocycles. The van der Waals surface area contributed by atoms with Gasteiger partial charge in [0.1, 0.15) is 6.61 Å². The highest BCUT2D eigenvalue weighted by molar-refractivity contribution is 4.87. The van der Waals surface area contributed by atoms with E-state index in [1.54, 1.807) is 7.11 Å². The molecule has 1 N–H and O–H groups in total. The summed E-state index contributed by atoms with van der Waals surface area (Å²) in [5.41, 5.74) is 0. The molecule has 0 fully saturated rings. The lowest BCUT2D eigenvalue weighted by Gasteiger charge is -2.04. The van der Waals surface area contributed by atoms with Crippen LogP contribution in [0.3, 0.4) is 0 Å². The van der Waals surface area contributed by atoms with Gasteiger partial charge >= 0.3 is 0 Å². The summed E-state index contributed by atoms with van der Waals surface area (Å²) >= 11 is 0. The summed E-state index contributed by atoms with van der Waals surface area (Å²) in [5.74, 6) is 1.25. The number of hydrogen-bond donors (Lipinski definition) is 1. The van der Waals surface area contributed by atoms with Gasteiger partial charge in [0.2, 0.25) is 5.89 Å². The van der Waals surface area contributed by atoms with Crippen molar-refractivity contribution in [1.29, 1.82) is 0 Å². The SMILES string of the molecule is CNC(C)Cc1nc(COC)no1. The molecule has 5 nitrogen and oxygen atoms in total. The number of methoxy groups -OCH3 is 1. The predicted octanol–water partition coefficient (Wildman–Crippen LogP) is 0.366. The molecule has 74 valence electrons. The maximum absolute atomic E-state index is 5.01. The zero-order chi connectivity index (χ0) is 9.68. The highest BCUT2D eigenvalue weighted by Gasteiger charge is 2.08. The minimum atomic E-state index is 0.343. The molecule has 1 aromatic rings. The van der Waals surface area contributed by atoms with E-state index in [0.717, 1.165) is 6.42 Å². The first-order valence-electron chi connectivity index (χ1n) is 4.24. The minimum Gasteiger partial charge on any atom is -0.377 e. The van der Waals surface area contributed by atoms with Gasteiger partial charge in [-0.1, -0.05) is 5.16 Å². The summed E-state index contributed by atoms with van der Waals surface area (Å²) in [7, 11) is 3.50. The van der Waals surface area contributed by atoms with Crippen molar-refractivity contribution in [1.82, 2.24) is 15.5 Å². The fourth-order valence-corrected chi connectivity index (χ4v) is 0.925. The molecule has 0 aromatic carbocycles. The van der Waals surface area contributed by atoms with Gasteiger partial charge in [-0.25, -0.2) is 0 Å². The molecule has 0 radical (unpaired) electrons. The molecule has 1 unspecified atom stereocenters. The largest absolute Gasteiger partial charge is 0.377 e. The minimum absolute atomic E-state index is 0.343. The van der Waals surface area contributed by atoms with Crippen LogP contribution in [0.4, 0.5) is 0 Å². The third-order valence-electron chi connectivity index (χ3n) is 1.76. The first-order valence-corrected chi connectivity index (χ1v) is 4.24. The molecule has 5 heteroatoms. The Morgan fingerprint density at radius 3 is 3.00 bits per heavy atom.